The average Bonchev–Trinajstić information content (AvgIpc) is 2.42. The quantitative estimate of drug-likeness (QED) is 0.893. The summed E-state index contributed by atoms with van der Waals surface area (Å²) in [5, 5.41) is 13.9. The molecule has 4 heteroatoms. The Labute approximate surface area is 118 Å². The van der Waals surface area contributed by atoms with E-state index in [2.05, 4.69) is 11.4 Å². The van der Waals surface area contributed by atoms with E-state index >= 15 is 0 Å². The Morgan fingerprint density at radius 2 is 1.94 bits per heavy atom. The van der Waals surface area contributed by atoms with Crippen molar-refractivity contribution >= 4 is 23.2 Å². The summed E-state index contributed by atoms with van der Waals surface area (Å²) in [5.41, 5.74) is 0.593. The number of nitrogens with zero attached hydrogens (tertiary/aromatic N) is 1. The molecule has 0 bridgehead atoms. The van der Waals surface area contributed by atoms with Crippen LogP contribution in [0.2, 0.25) is 10.0 Å². The van der Waals surface area contributed by atoms with Gasteiger partial charge in [0, 0.05) is 6.04 Å². The molecule has 1 aromatic rings. The van der Waals surface area contributed by atoms with Crippen LogP contribution in [0, 0.1) is 11.3 Å². The predicted octanol–water partition coefficient (Wildman–Crippen LogP) is 3.92. The van der Waals surface area contributed by atoms with Gasteiger partial charge in [0.2, 0.25) is 0 Å². The molecule has 18 heavy (non-hydrogen) atoms. The van der Waals surface area contributed by atoms with Crippen molar-refractivity contribution in [3.63, 3.8) is 0 Å². The van der Waals surface area contributed by atoms with Crippen molar-refractivity contribution in [1.82, 2.24) is 5.32 Å². The van der Waals surface area contributed by atoms with E-state index in [0.29, 0.717) is 16.1 Å². The Hall–Kier alpha value is -0.750. The molecule has 1 aliphatic rings. The highest BCUT2D eigenvalue weighted by molar-refractivity contribution is 6.42. The first kappa shape index (κ1) is 13.7. The molecule has 0 saturated heterocycles. The largest absolute Gasteiger partial charge is 0.317 e. The van der Waals surface area contributed by atoms with E-state index in [9.17, 15) is 5.26 Å². The Balaban J connectivity index is 2.28. The molecule has 2 nitrogen and oxygen atoms in total. The highest BCUT2D eigenvalue weighted by Crippen LogP contribution is 2.40. The lowest BCUT2D eigenvalue weighted by molar-refractivity contribution is 0.306. The molecule has 0 heterocycles. The second-order valence-electron chi connectivity index (χ2n) is 4.89. The van der Waals surface area contributed by atoms with Gasteiger partial charge in [-0.1, -0.05) is 29.3 Å². The van der Waals surface area contributed by atoms with E-state index in [1.54, 1.807) is 6.07 Å². The normalized spacial score (nSPS) is 27.8. The molecule has 96 valence electrons. The zero-order chi connectivity index (χ0) is 13.2. The molecule has 1 N–H and O–H groups in total. The number of halogens is 2. The first-order valence-corrected chi connectivity index (χ1v) is 6.91. The molecule has 1 aromatic carbocycles. The Bertz CT molecular complexity index is 471. The molecule has 1 aliphatic carbocycles. The first-order chi connectivity index (χ1) is 8.61. The summed E-state index contributed by atoms with van der Waals surface area (Å²) >= 11 is 12.0. The molecule has 0 aliphatic heterocycles. The topological polar surface area (TPSA) is 35.8 Å². The van der Waals surface area contributed by atoms with Gasteiger partial charge in [-0.25, -0.2) is 0 Å². The fraction of sp³-hybridized carbons (Fsp3) is 0.500. The summed E-state index contributed by atoms with van der Waals surface area (Å²) in [5.74, 6) is 0. The monoisotopic (exact) mass is 282 g/mol. The highest BCUT2D eigenvalue weighted by Gasteiger charge is 2.37. The van der Waals surface area contributed by atoms with Crippen LogP contribution in [-0.2, 0) is 5.41 Å². The molecule has 2 rings (SSSR count). The lowest BCUT2D eigenvalue weighted by atomic mass is 9.69. The standard InChI is InChI=1S/C14H16Cl2N2/c1-18-11-4-6-14(9-17,7-5-11)10-2-3-12(15)13(16)8-10/h2-3,8,11,18H,4-7H2,1H3/t11-,14-. The van der Waals surface area contributed by atoms with E-state index in [1.807, 2.05) is 19.2 Å². The van der Waals surface area contributed by atoms with E-state index in [4.69, 9.17) is 23.2 Å². The summed E-state index contributed by atoms with van der Waals surface area (Å²) < 4.78 is 0. The SMILES string of the molecule is CN[C@H]1CC[C@](C#N)(c2ccc(Cl)c(Cl)c2)CC1. The van der Waals surface area contributed by atoms with Gasteiger partial charge in [0.25, 0.3) is 0 Å². The Kier molecular flexibility index (Phi) is 4.17. The van der Waals surface area contributed by atoms with Gasteiger partial charge >= 0.3 is 0 Å². The number of rotatable bonds is 2. The minimum absolute atomic E-state index is 0.401. The number of benzene rings is 1. The lowest BCUT2D eigenvalue weighted by Gasteiger charge is -2.35. The first-order valence-electron chi connectivity index (χ1n) is 6.15. The van der Waals surface area contributed by atoms with Crippen molar-refractivity contribution in [3.05, 3.63) is 33.8 Å². The number of hydrogen-bond donors (Lipinski definition) is 1. The van der Waals surface area contributed by atoms with Gasteiger partial charge in [-0.2, -0.15) is 5.26 Å². The van der Waals surface area contributed by atoms with Crippen molar-refractivity contribution in [2.24, 2.45) is 0 Å². The molecule has 0 aromatic heterocycles. The van der Waals surface area contributed by atoms with E-state index in [0.717, 1.165) is 31.2 Å². The van der Waals surface area contributed by atoms with Crippen LogP contribution in [0.3, 0.4) is 0 Å². The fourth-order valence-corrected chi connectivity index (χ4v) is 2.96. The van der Waals surface area contributed by atoms with Crippen LogP contribution < -0.4 is 5.32 Å². The molecular formula is C14H16Cl2N2. The molecule has 0 spiro atoms. The van der Waals surface area contributed by atoms with Crippen molar-refractivity contribution in [1.29, 1.82) is 5.26 Å². The average molecular weight is 283 g/mol. The van der Waals surface area contributed by atoms with Gasteiger partial charge < -0.3 is 5.32 Å². The number of hydrogen-bond acceptors (Lipinski definition) is 2. The maximum absolute atomic E-state index is 9.57. The fourth-order valence-electron chi connectivity index (χ4n) is 2.66. The second kappa shape index (κ2) is 5.48. The van der Waals surface area contributed by atoms with Crippen LogP contribution in [0.5, 0.6) is 0 Å². The van der Waals surface area contributed by atoms with E-state index in [-0.39, 0.29) is 0 Å². The van der Waals surface area contributed by atoms with Crippen LogP contribution in [0.1, 0.15) is 31.2 Å². The van der Waals surface area contributed by atoms with Crippen molar-refractivity contribution in [2.75, 3.05) is 7.05 Å². The molecule has 0 radical (unpaired) electrons. The van der Waals surface area contributed by atoms with Gasteiger partial charge in [0.15, 0.2) is 0 Å². The zero-order valence-electron chi connectivity index (χ0n) is 10.3. The van der Waals surface area contributed by atoms with Crippen LogP contribution in [0.4, 0.5) is 0 Å². The van der Waals surface area contributed by atoms with Crippen LogP contribution in [0.25, 0.3) is 0 Å². The smallest absolute Gasteiger partial charge is 0.0824 e. The maximum atomic E-state index is 9.57. The van der Waals surface area contributed by atoms with Crippen LogP contribution in [0.15, 0.2) is 18.2 Å². The number of nitriles is 1. The number of nitrogens with one attached hydrogen (secondary N) is 1. The third-order valence-electron chi connectivity index (χ3n) is 3.93. The molecule has 1 fully saturated rings. The van der Waals surface area contributed by atoms with E-state index in [1.165, 1.54) is 0 Å². The third kappa shape index (κ3) is 2.49. The Morgan fingerprint density at radius 3 is 2.44 bits per heavy atom. The minimum atomic E-state index is -0.401. The van der Waals surface area contributed by atoms with Crippen molar-refractivity contribution in [3.8, 4) is 6.07 Å². The molecule has 0 amide bonds. The van der Waals surface area contributed by atoms with Gasteiger partial charge in [0.1, 0.15) is 0 Å². The molecule has 0 atom stereocenters. The zero-order valence-corrected chi connectivity index (χ0v) is 11.9. The van der Waals surface area contributed by atoms with E-state index < -0.39 is 5.41 Å². The minimum Gasteiger partial charge on any atom is -0.317 e. The predicted molar refractivity (Wildman–Crippen MR) is 75.1 cm³/mol. The highest BCUT2D eigenvalue weighted by atomic mass is 35.5. The van der Waals surface area contributed by atoms with Crippen molar-refractivity contribution in [2.45, 2.75) is 37.1 Å². The Morgan fingerprint density at radius 1 is 1.28 bits per heavy atom. The molecule has 1 saturated carbocycles. The summed E-state index contributed by atoms with van der Waals surface area (Å²) in [6.45, 7) is 0. The second-order valence-corrected chi connectivity index (χ2v) is 5.70. The van der Waals surface area contributed by atoms with Gasteiger partial charge in [-0.15, -0.1) is 0 Å². The summed E-state index contributed by atoms with van der Waals surface area (Å²) in [6, 6.07) is 8.57. The lowest BCUT2D eigenvalue weighted by Crippen LogP contribution is -2.37. The maximum Gasteiger partial charge on any atom is 0.0824 e. The van der Waals surface area contributed by atoms with Gasteiger partial charge in [0.05, 0.1) is 21.5 Å². The molecule has 0 unspecified atom stereocenters. The third-order valence-corrected chi connectivity index (χ3v) is 4.67. The van der Waals surface area contributed by atoms with Crippen LogP contribution >= 0.6 is 23.2 Å². The summed E-state index contributed by atoms with van der Waals surface area (Å²) in [6.07, 6.45) is 3.77. The summed E-state index contributed by atoms with van der Waals surface area (Å²) in [7, 11) is 1.98. The summed E-state index contributed by atoms with van der Waals surface area (Å²) in [4.78, 5) is 0. The van der Waals surface area contributed by atoms with Crippen LogP contribution in [-0.4, -0.2) is 13.1 Å². The molecular weight excluding hydrogens is 267 g/mol. The van der Waals surface area contributed by atoms with Crippen molar-refractivity contribution < 1.29 is 0 Å². The van der Waals surface area contributed by atoms with Gasteiger partial charge in [-0.05, 0) is 50.4 Å². The van der Waals surface area contributed by atoms with Gasteiger partial charge in [-0.3, -0.25) is 0 Å².